The van der Waals surface area contributed by atoms with E-state index in [2.05, 4.69) is 215 Å². The number of hydrogen-bond acceptors (Lipinski definition) is 3. The van der Waals surface area contributed by atoms with Gasteiger partial charge in [-0.1, -0.05) is 174 Å². The molecule has 1 N–H and O–H groups in total. The number of imidazole rings is 1. The van der Waals surface area contributed by atoms with E-state index in [0.717, 1.165) is 72.1 Å². The topological polar surface area (TPSA) is 50.9 Å². The molecule has 6 aromatic carbocycles. The Bertz CT molecular complexity index is 2900. The van der Waals surface area contributed by atoms with Crippen molar-refractivity contribution >= 4 is 21.8 Å². The Balaban J connectivity index is 1.52. The molecule has 0 unspecified atom stereocenters. The fourth-order valence-corrected chi connectivity index (χ4v) is 8.31. The Hall–Kier alpha value is -6.00. The maximum atomic E-state index is 12.6. The van der Waals surface area contributed by atoms with Crippen LogP contribution in [0.3, 0.4) is 0 Å². The number of pyridine rings is 1. The minimum atomic E-state index is -0.321. The molecule has 0 amide bonds. The molecule has 0 radical (unpaired) electrons. The van der Waals surface area contributed by atoms with Gasteiger partial charge in [-0.15, -0.1) is 0 Å². The Morgan fingerprint density at radius 3 is 1.82 bits per heavy atom. The van der Waals surface area contributed by atoms with Crippen LogP contribution in [-0.4, -0.2) is 19.6 Å². The second-order valence-corrected chi connectivity index (χ2v) is 20.6. The lowest BCUT2D eigenvalue weighted by molar-refractivity contribution is 0.446. The van der Waals surface area contributed by atoms with Crippen LogP contribution in [0.4, 0.5) is 0 Å². The van der Waals surface area contributed by atoms with Crippen molar-refractivity contribution in [3.05, 3.63) is 156 Å². The average Bonchev–Trinajstić information content (AvgIpc) is 3.58. The number of hydrogen-bond donors (Lipinski definition) is 1. The minimum Gasteiger partial charge on any atom is -0.507 e. The molecule has 2 heterocycles. The van der Waals surface area contributed by atoms with Crippen LogP contribution in [-0.2, 0) is 21.7 Å². The Morgan fingerprint density at radius 2 is 1.13 bits per heavy atom. The van der Waals surface area contributed by atoms with Gasteiger partial charge in [0, 0.05) is 33.8 Å². The largest absolute Gasteiger partial charge is 0.507 e. The second kappa shape index (κ2) is 14.6. The first-order valence-corrected chi connectivity index (χ1v) is 21.3. The van der Waals surface area contributed by atoms with E-state index in [1.54, 1.807) is 0 Å². The van der Waals surface area contributed by atoms with E-state index in [9.17, 15) is 5.11 Å². The molecule has 4 nitrogen and oxygen atoms in total. The molecule has 0 bridgehead atoms. The Labute approximate surface area is 357 Å². The molecule has 0 fully saturated rings. The van der Waals surface area contributed by atoms with Gasteiger partial charge in [0.25, 0.3) is 0 Å². The lowest BCUT2D eigenvalue weighted by atomic mass is 9.79. The molecule has 0 aliphatic heterocycles. The number of phenolic OH excluding ortho intramolecular Hbond substituents is 1. The van der Waals surface area contributed by atoms with Crippen molar-refractivity contribution in [3.63, 3.8) is 0 Å². The van der Waals surface area contributed by atoms with Crippen LogP contribution in [0, 0.1) is 0 Å². The van der Waals surface area contributed by atoms with Crippen LogP contribution in [0.2, 0.25) is 0 Å². The zero-order valence-electron chi connectivity index (χ0n) is 37.5. The summed E-state index contributed by atoms with van der Waals surface area (Å²) in [7, 11) is 0. The molecule has 8 rings (SSSR count). The highest BCUT2D eigenvalue weighted by atomic mass is 16.3. The van der Waals surface area contributed by atoms with Gasteiger partial charge < -0.3 is 5.11 Å². The van der Waals surface area contributed by atoms with E-state index in [1.807, 2.05) is 6.20 Å². The normalized spacial score (nSPS) is 12.7. The van der Waals surface area contributed by atoms with Crippen molar-refractivity contribution in [1.29, 1.82) is 0 Å². The summed E-state index contributed by atoms with van der Waals surface area (Å²) in [6, 6.07) is 45.8. The van der Waals surface area contributed by atoms with E-state index in [0.29, 0.717) is 11.4 Å². The standard InChI is InChI=1S/C56H59N3O/c1-53(2,3)39-27-28-57-47(34-39)38-29-37(30-40(31-38)54(4,5)6)42-23-18-24-48-49(42)58-52(45-32-41(55(7,8)9)33-46(51(45)60)56(10,11)12)59(48)50-43-22-17-16-21-36(43)25-26-44(50)35-19-14-13-15-20-35/h13-34,60H,1-12H3. The van der Waals surface area contributed by atoms with Crippen LogP contribution in [0.25, 0.3) is 72.4 Å². The van der Waals surface area contributed by atoms with E-state index < -0.39 is 0 Å². The van der Waals surface area contributed by atoms with Crippen molar-refractivity contribution in [3.8, 4) is 56.3 Å². The van der Waals surface area contributed by atoms with Gasteiger partial charge in [0.05, 0.1) is 28.0 Å². The Morgan fingerprint density at radius 1 is 0.483 bits per heavy atom. The molecule has 0 spiro atoms. The average molecular weight is 790 g/mol. The van der Waals surface area contributed by atoms with Crippen LogP contribution < -0.4 is 0 Å². The van der Waals surface area contributed by atoms with E-state index in [-0.39, 0.29) is 27.4 Å². The van der Waals surface area contributed by atoms with Gasteiger partial charge in [0.1, 0.15) is 11.6 Å². The van der Waals surface area contributed by atoms with Gasteiger partial charge in [0.2, 0.25) is 0 Å². The molecule has 0 aliphatic carbocycles. The summed E-state index contributed by atoms with van der Waals surface area (Å²) in [6.07, 6.45) is 1.94. The summed E-state index contributed by atoms with van der Waals surface area (Å²) in [5, 5.41) is 14.8. The molecular weight excluding hydrogens is 731 g/mol. The quantitative estimate of drug-likeness (QED) is 0.189. The first-order valence-electron chi connectivity index (χ1n) is 21.3. The Kier molecular flexibility index (Phi) is 9.93. The van der Waals surface area contributed by atoms with Crippen molar-refractivity contribution in [2.24, 2.45) is 0 Å². The highest BCUT2D eigenvalue weighted by molar-refractivity contribution is 6.03. The molecule has 0 saturated heterocycles. The predicted molar refractivity (Wildman–Crippen MR) is 255 cm³/mol. The van der Waals surface area contributed by atoms with Gasteiger partial charge >= 0.3 is 0 Å². The zero-order chi connectivity index (χ0) is 42.9. The predicted octanol–water partition coefficient (Wildman–Crippen LogP) is 15.1. The highest BCUT2D eigenvalue weighted by Crippen LogP contribution is 2.47. The number of benzene rings is 6. The van der Waals surface area contributed by atoms with E-state index >= 15 is 0 Å². The second-order valence-electron chi connectivity index (χ2n) is 20.6. The van der Waals surface area contributed by atoms with Crippen molar-refractivity contribution in [2.75, 3.05) is 0 Å². The maximum absolute atomic E-state index is 12.6. The zero-order valence-corrected chi connectivity index (χ0v) is 37.5. The number of rotatable bonds is 5. The molecular formula is C56H59N3O. The van der Waals surface area contributed by atoms with Gasteiger partial charge in [-0.3, -0.25) is 9.55 Å². The molecule has 0 saturated carbocycles. The van der Waals surface area contributed by atoms with Crippen molar-refractivity contribution < 1.29 is 5.11 Å². The van der Waals surface area contributed by atoms with Gasteiger partial charge in [-0.2, -0.15) is 0 Å². The lowest BCUT2D eigenvalue weighted by Crippen LogP contribution is -2.17. The van der Waals surface area contributed by atoms with Crippen LogP contribution in [0.1, 0.15) is 105 Å². The molecule has 304 valence electrons. The molecule has 2 aromatic heterocycles. The van der Waals surface area contributed by atoms with Crippen LogP contribution in [0.15, 0.2) is 134 Å². The number of aromatic hydroxyl groups is 1. The number of nitrogens with zero attached hydrogens (tertiary/aromatic N) is 3. The first kappa shape index (κ1) is 40.8. The van der Waals surface area contributed by atoms with Gasteiger partial charge in [-0.05, 0) is 91.3 Å². The summed E-state index contributed by atoms with van der Waals surface area (Å²) < 4.78 is 2.32. The number of aromatic nitrogens is 3. The molecule has 60 heavy (non-hydrogen) atoms. The SMILES string of the molecule is CC(C)(C)c1cc(-c2cc(C(C)(C)C)ccn2)cc(-c2cccc3c2nc(-c2cc(C(C)(C)C)cc(C(C)(C)C)c2O)n3-c2c(-c3ccccc3)ccc3ccccc23)c1. The summed E-state index contributed by atoms with van der Waals surface area (Å²) >= 11 is 0. The number of para-hydroxylation sites is 1. The van der Waals surface area contributed by atoms with E-state index in [4.69, 9.17) is 9.97 Å². The van der Waals surface area contributed by atoms with Crippen LogP contribution in [0.5, 0.6) is 5.75 Å². The molecule has 8 aromatic rings. The summed E-state index contributed by atoms with van der Waals surface area (Å²) in [4.78, 5) is 10.6. The molecule has 0 atom stereocenters. The van der Waals surface area contributed by atoms with Crippen LogP contribution >= 0.6 is 0 Å². The van der Waals surface area contributed by atoms with Gasteiger partial charge in [0.15, 0.2) is 0 Å². The summed E-state index contributed by atoms with van der Waals surface area (Å²) in [5.41, 5.74) is 13.8. The van der Waals surface area contributed by atoms with E-state index in [1.165, 1.54) is 11.1 Å². The number of fused-ring (bicyclic) bond motifs is 2. The third-order valence-electron chi connectivity index (χ3n) is 12.0. The summed E-state index contributed by atoms with van der Waals surface area (Å²) in [6.45, 7) is 26.8. The molecule has 4 heteroatoms. The fourth-order valence-electron chi connectivity index (χ4n) is 8.31. The third kappa shape index (κ3) is 7.53. The third-order valence-corrected chi connectivity index (χ3v) is 12.0. The maximum Gasteiger partial charge on any atom is 0.149 e. The lowest BCUT2D eigenvalue weighted by Gasteiger charge is -2.28. The fraction of sp³-hybridized carbons (Fsp3) is 0.286. The minimum absolute atomic E-state index is 0.0140. The van der Waals surface area contributed by atoms with Gasteiger partial charge in [-0.25, -0.2) is 4.98 Å². The van der Waals surface area contributed by atoms with Crippen molar-refractivity contribution in [2.45, 2.75) is 105 Å². The number of phenols is 1. The smallest absolute Gasteiger partial charge is 0.149 e. The molecule has 0 aliphatic rings. The summed E-state index contributed by atoms with van der Waals surface area (Å²) in [5.74, 6) is 0.962. The first-order chi connectivity index (χ1) is 28.2. The monoisotopic (exact) mass is 789 g/mol. The van der Waals surface area contributed by atoms with Crippen molar-refractivity contribution in [1.82, 2.24) is 14.5 Å². The highest BCUT2D eigenvalue weighted by Gasteiger charge is 2.30.